The molecule has 0 unspecified atom stereocenters. The van der Waals surface area contributed by atoms with Crippen molar-refractivity contribution in [3.63, 3.8) is 0 Å². The molecule has 0 fully saturated rings. The molecule has 0 aliphatic carbocycles. The molecule has 2 nitrogen and oxygen atoms in total. The van der Waals surface area contributed by atoms with Crippen LogP contribution >= 0.6 is 0 Å². The predicted molar refractivity (Wildman–Crippen MR) is 79.6 cm³/mol. The number of ether oxygens (including phenoxy) is 1. The van der Waals surface area contributed by atoms with Crippen LogP contribution in [-0.2, 0) is 6.54 Å². The van der Waals surface area contributed by atoms with Gasteiger partial charge in [-0.2, -0.15) is 0 Å². The second kappa shape index (κ2) is 6.95. The highest BCUT2D eigenvalue weighted by Gasteiger charge is 1.95. The molecule has 2 aromatic carbocycles. The van der Waals surface area contributed by atoms with Crippen molar-refractivity contribution in [3.05, 3.63) is 65.2 Å². The van der Waals surface area contributed by atoms with Gasteiger partial charge in [0.15, 0.2) is 0 Å². The summed E-state index contributed by atoms with van der Waals surface area (Å²) < 4.78 is 5.69. The maximum Gasteiger partial charge on any atom is 0.119 e. The molecule has 0 aliphatic rings. The smallest absolute Gasteiger partial charge is 0.119 e. The first-order valence-electron chi connectivity index (χ1n) is 6.70. The summed E-state index contributed by atoms with van der Waals surface area (Å²) in [6, 6.07) is 16.7. The Bertz CT molecular complexity index is 475. The van der Waals surface area contributed by atoms with Gasteiger partial charge in [-0.1, -0.05) is 42.0 Å². The maximum atomic E-state index is 5.69. The van der Waals surface area contributed by atoms with Crippen molar-refractivity contribution in [2.45, 2.75) is 20.4 Å². The van der Waals surface area contributed by atoms with Crippen LogP contribution in [-0.4, -0.2) is 13.2 Å². The number of hydrogen-bond donors (Lipinski definition) is 1. The van der Waals surface area contributed by atoms with Crippen LogP contribution in [0.1, 0.15) is 16.7 Å². The second-order valence-electron chi connectivity index (χ2n) is 4.83. The molecule has 0 radical (unpaired) electrons. The monoisotopic (exact) mass is 255 g/mol. The summed E-state index contributed by atoms with van der Waals surface area (Å²) in [6.07, 6.45) is 0. The highest BCUT2D eigenvalue weighted by atomic mass is 16.5. The van der Waals surface area contributed by atoms with E-state index in [1.165, 1.54) is 16.7 Å². The molecule has 2 aromatic rings. The van der Waals surface area contributed by atoms with Crippen LogP contribution in [0.2, 0.25) is 0 Å². The second-order valence-corrected chi connectivity index (χ2v) is 4.83. The third-order valence-electron chi connectivity index (χ3n) is 2.95. The number of rotatable bonds is 6. The van der Waals surface area contributed by atoms with Crippen LogP contribution in [0.3, 0.4) is 0 Å². The summed E-state index contributed by atoms with van der Waals surface area (Å²) in [5.74, 6) is 0.942. The van der Waals surface area contributed by atoms with Crippen molar-refractivity contribution in [2.24, 2.45) is 0 Å². The average molecular weight is 255 g/mol. The van der Waals surface area contributed by atoms with E-state index >= 15 is 0 Å². The standard InChI is InChI=1S/C17H21NO/c1-14-5-3-7-16(11-14)13-18-9-10-19-17-8-4-6-15(2)12-17/h3-8,11-12,18H,9-10,13H2,1-2H3. The fourth-order valence-corrected chi connectivity index (χ4v) is 2.00. The number of nitrogens with one attached hydrogen (secondary N) is 1. The van der Waals surface area contributed by atoms with E-state index < -0.39 is 0 Å². The Morgan fingerprint density at radius 1 is 0.947 bits per heavy atom. The van der Waals surface area contributed by atoms with Crippen LogP contribution in [0.15, 0.2) is 48.5 Å². The summed E-state index contributed by atoms with van der Waals surface area (Å²) in [6.45, 7) is 6.61. The molecule has 0 bridgehead atoms. The Hall–Kier alpha value is -1.80. The summed E-state index contributed by atoms with van der Waals surface area (Å²) in [4.78, 5) is 0. The molecule has 0 heterocycles. The zero-order chi connectivity index (χ0) is 13.5. The van der Waals surface area contributed by atoms with Crippen LogP contribution in [0.4, 0.5) is 0 Å². The van der Waals surface area contributed by atoms with E-state index in [2.05, 4.69) is 55.6 Å². The van der Waals surface area contributed by atoms with E-state index in [1.54, 1.807) is 0 Å². The Balaban J connectivity index is 1.67. The van der Waals surface area contributed by atoms with Gasteiger partial charge in [-0.05, 0) is 37.1 Å². The first-order valence-corrected chi connectivity index (χ1v) is 6.70. The molecule has 100 valence electrons. The Morgan fingerprint density at radius 2 is 1.68 bits per heavy atom. The van der Waals surface area contributed by atoms with Crippen molar-refractivity contribution in [3.8, 4) is 5.75 Å². The molecule has 1 N–H and O–H groups in total. The molecule has 0 spiro atoms. The quantitative estimate of drug-likeness (QED) is 0.798. The molecule has 19 heavy (non-hydrogen) atoms. The Labute approximate surface area is 115 Å². The van der Waals surface area contributed by atoms with Crippen LogP contribution in [0.5, 0.6) is 5.75 Å². The van der Waals surface area contributed by atoms with E-state index in [9.17, 15) is 0 Å². The first kappa shape index (κ1) is 13.6. The lowest BCUT2D eigenvalue weighted by Crippen LogP contribution is -2.20. The third kappa shape index (κ3) is 4.76. The normalized spacial score (nSPS) is 10.4. The van der Waals surface area contributed by atoms with Crippen LogP contribution < -0.4 is 10.1 Å². The Morgan fingerprint density at radius 3 is 2.42 bits per heavy atom. The van der Waals surface area contributed by atoms with E-state index in [-0.39, 0.29) is 0 Å². The van der Waals surface area contributed by atoms with Gasteiger partial charge in [-0.15, -0.1) is 0 Å². The highest BCUT2D eigenvalue weighted by Crippen LogP contribution is 2.11. The van der Waals surface area contributed by atoms with Gasteiger partial charge in [0.1, 0.15) is 12.4 Å². The van der Waals surface area contributed by atoms with E-state index in [1.807, 2.05) is 12.1 Å². The predicted octanol–water partition coefficient (Wildman–Crippen LogP) is 3.47. The summed E-state index contributed by atoms with van der Waals surface area (Å²) in [7, 11) is 0. The van der Waals surface area contributed by atoms with Crippen molar-refractivity contribution < 1.29 is 4.74 Å². The highest BCUT2D eigenvalue weighted by molar-refractivity contribution is 5.27. The van der Waals surface area contributed by atoms with Crippen LogP contribution in [0.25, 0.3) is 0 Å². The van der Waals surface area contributed by atoms with Gasteiger partial charge in [-0.3, -0.25) is 0 Å². The summed E-state index contributed by atoms with van der Waals surface area (Å²) in [5.41, 5.74) is 3.84. The molecule has 0 aromatic heterocycles. The fraction of sp³-hybridized carbons (Fsp3) is 0.294. The lowest BCUT2D eigenvalue weighted by atomic mass is 10.1. The topological polar surface area (TPSA) is 21.3 Å². The lowest BCUT2D eigenvalue weighted by molar-refractivity contribution is 0.313. The van der Waals surface area contributed by atoms with Gasteiger partial charge in [0.2, 0.25) is 0 Å². The molecule has 0 atom stereocenters. The third-order valence-corrected chi connectivity index (χ3v) is 2.95. The molecule has 2 rings (SSSR count). The van der Waals surface area contributed by atoms with Crippen molar-refractivity contribution in [1.82, 2.24) is 5.32 Å². The van der Waals surface area contributed by atoms with E-state index in [4.69, 9.17) is 4.74 Å². The van der Waals surface area contributed by atoms with Gasteiger partial charge < -0.3 is 10.1 Å². The van der Waals surface area contributed by atoms with Gasteiger partial charge in [0, 0.05) is 13.1 Å². The maximum absolute atomic E-state index is 5.69. The molecular formula is C17H21NO. The molecular weight excluding hydrogens is 234 g/mol. The SMILES string of the molecule is Cc1cccc(CNCCOc2cccc(C)c2)c1. The minimum absolute atomic E-state index is 0.690. The zero-order valence-electron chi connectivity index (χ0n) is 11.6. The van der Waals surface area contributed by atoms with Gasteiger partial charge in [-0.25, -0.2) is 0 Å². The first-order chi connectivity index (χ1) is 9.24. The molecule has 0 aliphatic heterocycles. The molecule has 0 amide bonds. The van der Waals surface area contributed by atoms with Gasteiger partial charge >= 0.3 is 0 Å². The average Bonchev–Trinajstić information content (AvgIpc) is 2.38. The number of hydrogen-bond acceptors (Lipinski definition) is 2. The van der Waals surface area contributed by atoms with Gasteiger partial charge in [0.05, 0.1) is 0 Å². The zero-order valence-corrected chi connectivity index (χ0v) is 11.6. The van der Waals surface area contributed by atoms with E-state index in [0.717, 1.165) is 18.8 Å². The largest absolute Gasteiger partial charge is 0.492 e. The number of aryl methyl sites for hydroxylation is 2. The van der Waals surface area contributed by atoms with E-state index in [0.29, 0.717) is 6.61 Å². The van der Waals surface area contributed by atoms with Crippen molar-refractivity contribution >= 4 is 0 Å². The molecule has 2 heteroatoms. The lowest BCUT2D eigenvalue weighted by Gasteiger charge is -2.08. The summed E-state index contributed by atoms with van der Waals surface area (Å²) in [5, 5.41) is 3.39. The minimum Gasteiger partial charge on any atom is -0.492 e. The summed E-state index contributed by atoms with van der Waals surface area (Å²) >= 11 is 0. The van der Waals surface area contributed by atoms with Crippen molar-refractivity contribution in [2.75, 3.05) is 13.2 Å². The Kier molecular flexibility index (Phi) is 4.99. The molecule has 0 saturated heterocycles. The van der Waals surface area contributed by atoms with Crippen LogP contribution in [0, 0.1) is 13.8 Å². The van der Waals surface area contributed by atoms with Crippen molar-refractivity contribution in [1.29, 1.82) is 0 Å². The van der Waals surface area contributed by atoms with Gasteiger partial charge in [0.25, 0.3) is 0 Å². The fourth-order valence-electron chi connectivity index (χ4n) is 2.00. The minimum atomic E-state index is 0.690. The molecule has 0 saturated carbocycles. The number of benzene rings is 2.